The minimum atomic E-state index is 0.523. The predicted molar refractivity (Wildman–Crippen MR) is 112 cm³/mol. The van der Waals surface area contributed by atoms with Crippen molar-refractivity contribution in [2.75, 3.05) is 59.1 Å². The summed E-state index contributed by atoms with van der Waals surface area (Å²) in [4.78, 5) is 4.96. The SMILES string of the molecule is CCN1CCN(CCOCCOc2ccccc2OCc2ccccc2)CC1. The minimum absolute atomic E-state index is 0.523. The van der Waals surface area contributed by atoms with Gasteiger partial charge in [-0.3, -0.25) is 4.90 Å². The van der Waals surface area contributed by atoms with Gasteiger partial charge in [-0.1, -0.05) is 49.4 Å². The van der Waals surface area contributed by atoms with Gasteiger partial charge >= 0.3 is 0 Å². The Balaban J connectivity index is 1.31. The first-order valence-electron chi connectivity index (χ1n) is 10.3. The number of likely N-dealkylation sites (N-methyl/N-ethyl adjacent to an activating group) is 1. The third-order valence-electron chi connectivity index (χ3n) is 5.04. The van der Waals surface area contributed by atoms with Crippen LogP contribution in [0.15, 0.2) is 54.6 Å². The molecule has 1 aliphatic heterocycles. The highest BCUT2D eigenvalue weighted by atomic mass is 16.5. The quantitative estimate of drug-likeness (QED) is 0.556. The van der Waals surface area contributed by atoms with E-state index in [2.05, 4.69) is 28.9 Å². The third-order valence-corrected chi connectivity index (χ3v) is 5.04. The Morgan fingerprint density at radius 2 is 1.36 bits per heavy atom. The molecule has 2 aromatic rings. The first-order valence-corrected chi connectivity index (χ1v) is 10.3. The van der Waals surface area contributed by atoms with E-state index in [1.54, 1.807) is 0 Å². The van der Waals surface area contributed by atoms with Crippen molar-refractivity contribution in [2.24, 2.45) is 0 Å². The zero-order valence-corrected chi connectivity index (χ0v) is 16.9. The van der Waals surface area contributed by atoms with Gasteiger partial charge in [0.2, 0.25) is 0 Å². The standard InChI is InChI=1S/C23H32N2O3/c1-2-24-12-14-25(15-13-24)16-17-26-18-19-27-22-10-6-7-11-23(22)28-20-21-8-4-3-5-9-21/h3-11H,2,12-20H2,1H3. The van der Waals surface area contributed by atoms with Crippen molar-refractivity contribution in [1.29, 1.82) is 0 Å². The lowest BCUT2D eigenvalue weighted by molar-refractivity contribution is 0.0620. The smallest absolute Gasteiger partial charge is 0.161 e. The number of piperazine rings is 1. The first-order chi connectivity index (χ1) is 13.8. The van der Waals surface area contributed by atoms with E-state index in [1.807, 2.05) is 42.5 Å². The molecule has 0 spiro atoms. The molecule has 0 atom stereocenters. The van der Waals surface area contributed by atoms with Gasteiger partial charge in [0.1, 0.15) is 13.2 Å². The fourth-order valence-corrected chi connectivity index (χ4v) is 3.26. The lowest BCUT2D eigenvalue weighted by atomic mass is 10.2. The van der Waals surface area contributed by atoms with Crippen molar-refractivity contribution < 1.29 is 14.2 Å². The molecule has 0 aliphatic carbocycles. The maximum atomic E-state index is 5.92. The molecule has 0 amide bonds. The Kier molecular flexibility index (Phi) is 8.62. The van der Waals surface area contributed by atoms with E-state index in [4.69, 9.17) is 14.2 Å². The van der Waals surface area contributed by atoms with Crippen LogP contribution in [0.3, 0.4) is 0 Å². The zero-order valence-electron chi connectivity index (χ0n) is 16.9. The molecule has 0 N–H and O–H groups in total. The van der Waals surface area contributed by atoms with E-state index in [0.29, 0.717) is 19.8 Å². The van der Waals surface area contributed by atoms with Crippen molar-refractivity contribution in [2.45, 2.75) is 13.5 Å². The highest BCUT2D eigenvalue weighted by Crippen LogP contribution is 2.27. The van der Waals surface area contributed by atoms with E-state index in [1.165, 1.54) is 13.1 Å². The van der Waals surface area contributed by atoms with Gasteiger partial charge in [-0.25, -0.2) is 0 Å². The lowest BCUT2D eigenvalue weighted by Gasteiger charge is -2.33. The molecular formula is C23H32N2O3. The summed E-state index contributed by atoms with van der Waals surface area (Å²) in [5, 5.41) is 0. The second-order valence-electron chi connectivity index (χ2n) is 6.96. The second-order valence-corrected chi connectivity index (χ2v) is 6.96. The summed E-state index contributed by atoms with van der Waals surface area (Å²) in [6.45, 7) is 11.4. The van der Waals surface area contributed by atoms with Crippen molar-refractivity contribution in [3.8, 4) is 11.5 Å². The summed E-state index contributed by atoms with van der Waals surface area (Å²) in [5.74, 6) is 1.53. The minimum Gasteiger partial charge on any atom is -0.487 e. The van der Waals surface area contributed by atoms with Crippen LogP contribution in [-0.4, -0.2) is 68.9 Å². The second kappa shape index (κ2) is 11.7. The normalized spacial score (nSPS) is 15.5. The number of hydrogen-bond acceptors (Lipinski definition) is 5. The Bertz CT molecular complexity index is 673. The number of para-hydroxylation sites is 2. The summed E-state index contributed by atoms with van der Waals surface area (Å²) in [6, 6.07) is 17.9. The fraction of sp³-hybridized carbons (Fsp3) is 0.478. The molecule has 1 heterocycles. The van der Waals surface area contributed by atoms with Crippen LogP contribution in [0.1, 0.15) is 12.5 Å². The number of rotatable bonds is 11. The molecule has 28 heavy (non-hydrogen) atoms. The van der Waals surface area contributed by atoms with E-state index in [0.717, 1.165) is 49.8 Å². The molecule has 0 unspecified atom stereocenters. The van der Waals surface area contributed by atoms with E-state index in [9.17, 15) is 0 Å². The molecule has 5 heteroatoms. The van der Waals surface area contributed by atoms with Gasteiger partial charge in [0, 0.05) is 32.7 Å². The Hall–Kier alpha value is -2.08. The van der Waals surface area contributed by atoms with Gasteiger partial charge < -0.3 is 19.1 Å². The highest BCUT2D eigenvalue weighted by Gasteiger charge is 2.14. The van der Waals surface area contributed by atoms with Gasteiger partial charge in [-0.2, -0.15) is 0 Å². The van der Waals surface area contributed by atoms with Crippen LogP contribution < -0.4 is 9.47 Å². The van der Waals surface area contributed by atoms with Gasteiger partial charge in [-0.15, -0.1) is 0 Å². The van der Waals surface area contributed by atoms with Crippen LogP contribution in [0, 0.1) is 0 Å². The van der Waals surface area contributed by atoms with Gasteiger partial charge in [0.05, 0.1) is 13.2 Å². The van der Waals surface area contributed by atoms with Crippen LogP contribution in [-0.2, 0) is 11.3 Å². The average molecular weight is 385 g/mol. The Morgan fingerprint density at radius 3 is 2.07 bits per heavy atom. The Labute approximate surface area is 168 Å². The number of hydrogen-bond donors (Lipinski definition) is 0. The molecule has 5 nitrogen and oxygen atoms in total. The summed E-state index contributed by atoms with van der Waals surface area (Å²) < 4.78 is 17.6. The van der Waals surface area contributed by atoms with Crippen molar-refractivity contribution >= 4 is 0 Å². The topological polar surface area (TPSA) is 34.2 Å². The van der Waals surface area contributed by atoms with Crippen LogP contribution in [0.2, 0.25) is 0 Å². The molecule has 0 radical (unpaired) electrons. The Morgan fingerprint density at radius 1 is 0.714 bits per heavy atom. The van der Waals surface area contributed by atoms with Gasteiger partial charge in [-0.05, 0) is 24.2 Å². The molecule has 1 saturated heterocycles. The predicted octanol–water partition coefficient (Wildman–Crippen LogP) is 3.30. The highest BCUT2D eigenvalue weighted by molar-refractivity contribution is 5.39. The first kappa shape index (κ1) is 20.6. The molecule has 2 aromatic carbocycles. The monoisotopic (exact) mass is 384 g/mol. The van der Waals surface area contributed by atoms with Crippen LogP contribution in [0.5, 0.6) is 11.5 Å². The summed E-state index contributed by atoms with van der Waals surface area (Å²) in [6.07, 6.45) is 0. The number of nitrogens with zero attached hydrogens (tertiary/aromatic N) is 2. The van der Waals surface area contributed by atoms with Crippen molar-refractivity contribution in [1.82, 2.24) is 9.80 Å². The van der Waals surface area contributed by atoms with Crippen molar-refractivity contribution in [3.63, 3.8) is 0 Å². The number of benzene rings is 2. The maximum Gasteiger partial charge on any atom is 0.161 e. The average Bonchev–Trinajstić information content (AvgIpc) is 2.76. The summed E-state index contributed by atoms with van der Waals surface area (Å²) >= 11 is 0. The van der Waals surface area contributed by atoms with Crippen LogP contribution in [0.4, 0.5) is 0 Å². The zero-order chi connectivity index (χ0) is 19.4. The van der Waals surface area contributed by atoms with Gasteiger partial charge in [0.25, 0.3) is 0 Å². The molecule has 0 aromatic heterocycles. The lowest BCUT2D eigenvalue weighted by Crippen LogP contribution is -2.47. The van der Waals surface area contributed by atoms with E-state index < -0.39 is 0 Å². The van der Waals surface area contributed by atoms with E-state index >= 15 is 0 Å². The molecular weight excluding hydrogens is 352 g/mol. The molecule has 0 saturated carbocycles. The summed E-state index contributed by atoms with van der Waals surface area (Å²) in [5.41, 5.74) is 1.14. The fourth-order valence-electron chi connectivity index (χ4n) is 3.26. The maximum absolute atomic E-state index is 5.92. The van der Waals surface area contributed by atoms with Crippen LogP contribution in [0.25, 0.3) is 0 Å². The largest absolute Gasteiger partial charge is 0.487 e. The molecule has 152 valence electrons. The molecule has 1 fully saturated rings. The number of ether oxygens (including phenoxy) is 3. The van der Waals surface area contributed by atoms with Crippen LogP contribution >= 0.6 is 0 Å². The molecule has 1 aliphatic rings. The van der Waals surface area contributed by atoms with Gasteiger partial charge in [0.15, 0.2) is 11.5 Å². The molecule has 3 rings (SSSR count). The van der Waals surface area contributed by atoms with E-state index in [-0.39, 0.29) is 0 Å². The van der Waals surface area contributed by atoms with Crippen molar-refractivity contribution in [3.05, 3.63) is 60.2 Å². The summed E-state index contributed by atoms with van der Waals surface area (Å²) in [7, 11) is 0. The molecule has 0 bridgehead atoms. The third kappa shape index (κ3) is 6.82.